The molecule has 0 aromatic carbocycles. The van der Waals surface area contributed by atoms with E-state index in [1.165, 1.54) is 96.3 Å². The predicted molar refractivity (Wildman–Crippen MR) is 109 cm³/mol. The highest BCUT2D eigenvalue weighted by Crippen LogP contribution is 2.14. The topological polar surface area (TPSA) is 63.3 Å². The minimum absolute atomic E-state index is 0.293. The van der Waals surface area contributed by atoms with Crippen LogP contribution < -0.4 is 5.73 Å². The van der Waals surface area contributed by atoms with E-state index in [0.717, 1.165) is 12.8 Å². The number of nitrogens with two attached hydrogens (primary N) is 1. The lowest BCUT2D eigenvalue weighted by atomic mass is 10.0. The van der Waals surface area contributed by atoms with E-state index in [1.54, 1.807) is 6.92 Å². The lowest BCUT2D eigenvalue weighted by Gasteiger charge is -2.03. The third-order valence-corrected chi connectivity index (χ3v) is 4.95. The SMILES string of the molecule is CC(=CCCCCCCCCCCCCCCCCCCO)C(N)=O. The molecule has 3 heteroatoms. The van der Waals surface area contributed by atoms with Crippen molar-refractivity contribution in [2.75, 3.05) is 6.61 Å². The Hall–Kier alpha value is -0.830. The molecule has 0 saturated carbocycles. The van der Waals surface area contributed by atoms with Crippen LogP contribution in [0, 0.1) is 0 Å². The molecular weight excluding hydrogens is 310 g/mol. The Morgan fingerprint density at radius 2 is 1.00 bits per heavy atom. The van der Waals surface area contributed by atoms with Crippen LogP contribution in [0.25, 0.3) is 0 Å². The molecule has 148 valence electrons. The number of carbonyl (C=O) groups excluding carboxylic acids is 1. The number of hydrogen-bond donors (Lipinski definition) is 2. The Labute approximate surface area is 156 Å². The average Bonchev–Trinajstić information content (AvgIpc) is 2.60. The summed E-state index contributed by atoms with van der Waals surface area (Å²) >= 11 is 0. The summed E-state index contributed by atoms with van der Waals surface area (Å²) in [7, 11) is 0. The molecule has 0 aromatic heterocycles. The maximum absolute atomic E-state index is 10.9. The van der Waals surface area contributed by atoms with E-state index in [-0.39, 0.29) is 5.91 Å². The van der Waals surface area contributed by atoms with Crippen molar-refractivity contribution in [3.05, 3.63) is 11.6 Å². The Kier molecular flexibility index (Phi) is 18.8. The van der Waals surface area contributed by atoms with E-state index >= 15 is 0 Å². The van der Waals surface area contributed by atoms with Crippen molar-refractivity contribution in [1.29, 1.82) is 0 Å². The maximum Gasteiger partial charge on any atom is 0.244 e. The molecule has 0 spiro atoms. The molecule has 0 bridgehead atoms. The molecule has 0 fully saturated rings. The largest absolute Gasteiger partial charge is 0.396 e. The second-order valence-corrected chi connectivity index (χ2v) is 7.42. The fourth-order valence-electron chi connectivity index (χ4n) is 3.15. The molecule has 0 atom stereocenters. The van der Waals surface area contributed by atoms with Crippen LogP contribution in [0.1, 0.15) is 116 Å². The third kappa shape index (κ3) is 19.3. The fourth-order valence-corrected chi connectivity index (χ4v) is 3.15. The van der Waals surface area contributed by atoms with Crippen molar-refractivity contribution >= 4 is 5.91 Å². The van der Waals surface area contributed by atoms with E-state index < -0.39 is 0 Å². The first-order chi connectivity index (χ1) is 12.2. The van der Waals surface area contributed by atoms with Crippen molar-refractivity contribution in [1.82, 2.24) is 0 Å². The first-order valence-electron chi connectivity index (χ1n) is 10.8. The highest BCUT2D eigenvalue weighted by atomic mass is 16.2. The third-order valence-electron chi connectivity index (χ3n) is 4.95. The van der Waals surface area contributed by atoms with Crippen LogP contribution >= 0.6 is 0 Å². The lowest BCUT2D eigenvalue weighted by Crippen LogP contribution is -2.11. The number of amides is 1. The molecule has 0 saturated heterocycles. The number of rotatable bonds is 19. The fraction of sp³-hybridized carbons (Fsp3) is 0.864. The standard InChI is InChI=1S/C22H43NO2/c1-21(22(23)25)19-17-15-13-11-9-7-5-3-2-4-6-8-10-12-14-16-18-20-24/h19,24H,2-18,20H2,1H3,(H2,23,25). The Morgan fingerprint density at radius 3 is 1.32 bits per heavy atom. The van der Waals surface area contributed by atoms with Crippen LogP contribution in [-0.4, -0.2) is 17.6 Å². The summed E-state index contributed by atoms with van der Waals surface area (Å²) in [5.74, 6) is -0.293. The van der Waals surface area contributed by atoms with Gasteiger partial charge in [0, 0.05) is 12.2 Å². The van der Waals surface area contributed by atoms with E-state index in [1.807, 2.05) is 6.08 Å². The molecule has 25 heavy (non-hydrogen) atoms. The van der Waals surface area contributed by atoms with Gasteiger partial charge in [0.15, 0.2) is 0 Å². The highest BCUT2D eigenvalue weighted by molar-refractivity contribution is 5.91. The molecule has 0 aliphatic carbocycles. The molecule has 0 aliphatic heterocycles. The van der Waals surface area contributed by atoms with Gasteiger partial charge in [0.25, 0.3) is 0 Å². The molecule has 0 aliphatic rings. The van der Waals surface area contributed by atoms with Gasteiger partial charge in [-0.1, -0.05) is 96.0 Å². The number of carbonyl (C=O) groups is 1. The Morgan fingerprint density at radius 1 is 0.680 bits per heavy atom. The molecule has 1 amide bonds. The van der Waals surface area contributed by atoms with Gasteiger partial charge < -0.3 is 10.8 Å². The number of allylic oxidation sites excluding steroid dienone is 1. The lowest BCUT2D eigenvalue weighted by molar-refractivity contribution is -0.114. The second-order valence-electron chi connectivity index (χ2n) is 7.42. The van der Waals surface area contributed by atoms with Crippen molar-refractivity contribution in [3.8, 4) is 0 Å². The van der Waals surface area contributed by atoms with E-state index in [2.05, 4.69) is 0 Å². The average molecular weight is 354 g/mol. The first-order valence-corrected chi connectivity index (χ1v) is 10.8. The molecule has 0 radical (unpaired) electrons. The highest BCUT2D eigenvalue weighted by Gasteiger charge is 1.96. The smallest absolute Gasteiger partial charge is 0.244 e. The summed E-state index contributed by atoms with van der Waals surface area (Å²) in [6, 6.07) is 0. The van der Waals surface area contributed by atoms with Crippen LogP contribution in [0.4, 0.5) is 0 Å². The zero-order valence-electron chi connectivity index (χ0n) is 16.7. The molecule has 0 heterocycles. The van der Waals surface area contributed by atoms with Crippen molar-refractivity contribution in [2.45, 2.75) is 116 Å². The van der Waals surface area contributed by atoms with Gasteiger partial charge in [0.05, 0.1) is 0 Å². The number of primary amides is 1. The van der Waals surface area contributed by atoms with E-state index in [4.69, 9.17) is 10.8 Å². The molecule has 0 rings (SSSR count). The number of aliphatic hydroxyl groups is 1. The number of aliphatic hydroxyl groups excluding tert-OH is 1. The van der Waals surface area contributed by atoms with Gasteiger partial charge in [-0.05, 0) is 26.2 Å². The Balaban J connectivity index is 3.10. The molecular formula is C22H43NO2. The zero-order valence-corrected chi connectivity index (χ0v) is 16.7. The summed E-state index contributed by atoms with van der Waals surface area (Å²) in [6.45, 7) is 2.15. The van der Waals surface area contributed by atoms with E-state index in [0.29, 0.717) is 12.2 Å². The van der Waals surface area contributed by atoms with Gasteiger partial charge in [-0.15, -0.1) is 0 Å². The minimum atomic E-state index is -0.293. The van der Waals surface area contributed by atoms with Crippen molar-refractivity contribution in [2.24, 2.45) is 5.73 Å². The van der Waals surface area contributed by atoms with Gasteiger partial charge in [-0.2, -0.15) is 0 Å². The van der Waals surface area contributed by atoms with Crippen molar-refractivity contribution < 1.29 is 9.90 Å². The van der Waals surface area contributed by atoms with Crippen LogP contribution in [-0.2, 0) is 4.79 Å². The summed E-state index contributed by atoms with van der Waals surface area (Å²) in [5.41, 5.74) is 5.89. The first kappa shape index (κ1) is 24.2. The van der Waals surface area contributed by atoms with Gasteiger partial charge in [0.2, 0.25) is 5.91 Å². The predicted octanol–water partition coefficient (Wildman–Crippen LogP) is 6.04. The van der Waals surface area contributed by atoms with Gasteiger partial charge in [-0.25, -0.2) is 0 Å². The molecule has 0 aromatic rings. The molecule has 3 nitrogen and oxygen atoms in total. The summed E-state index contributed by atoms with van der Waals surface area (Å²) in [5, 5.41) is 8.71. The van der Waals surface area contributed by atoms with E-state index in [9.17, 15) is 4.79 Å². The van der Waals surface area contributed by atoms with Crippen molar-refractivity contribution in [3.63, 3.8) is 0 Å². The number of unbranched alkanes of at least 4 members (excludes halogenated alkanes) is 16. The second kappa shape index (κ2) is 19.5. The summed E-state index contributed by atoms with van der Waals surface area (Å²) in [4.78, 5) is 10.9. The molecule has 3 N–H and O–H groups in total. The maximum atomic E-state index is 10.9. The zero-order chi connectivity index (χ0) is 18.6. The monoisotopic (exact) mass is 353 g/mol. The van der Waals surface area contributed by atoms with Gasteiger partial charge >= 0.3 is 0 Å². The van der Waals surface area contributed by atoms with Crippen LogP contribution in [0.3, 0.4) is 0 Å². The molecule has 0 unspecified atom stereocenters. The van der Waals surface area contributed by atoms with Crippen LogP contribution in [0.15, 0.2) is 11.6 Å². The van der Waals surface area contributed by atoms with Crippen LogP contribution in [0.5, 0.6) is 0 Å². The summed E-state index contributed by atoms with van der Waals surface area (Å²) < 4.78 is 0. The van der Waals surface area contributed by atoms with Gasteiger partial charge in [0.1, 0.15) is 0 Å². The van der Waals surface area contributed by atoms with Gasteiger partial charge in [-0.3, -0.25) is 4.79 Å². The minimum Gasteiger partial charge on any atom is -0.396 e. The summed E-state index contributed by atoms with van der Waals surface area (Å²) in [6.07, 6.45) is 24.0. The number of hydrogen-bond acceptors (Lipinski definition) is 2. The van der Waals surface area contributed by atoms with Crippen LogP contribution in [0.2, 0.25) is 0 Å². The Bertz CT molecular complexity index is 326. The normalized spacial score (nSPS) is 11.8. The quantitative estimate of drug-likeness (QED) is 0.219.